The first-order chi connectivity index (χ1) is 11.8. The highest BCUT2D eigenvalue weighted by Gasteiger charge is 2.35. The van der Waals surface area contributed by atoms with Crippen LogP contribution in [0.1, 0.15) is 61.6 Å². The number of esters is 1. The van der Waals surface area contributed by atoms with Gasteiger partial charge in [0, 0.05) is 29.2 Å². The second kappa shape index (κ2) is 5.98. The van der Waals surface area contributed by atoms with Crippen LogP contribution in [0, 0.1) is 0 Å². The molecular weight excluding hydrogens is 324 g/mol. The number of phenols is 1. The molecule has 3 rings (SSSR count). The number of ketones is 3. The number of ether oxygens (including phenoxy) is 1. The molecule has 0 saturated carbocycles. The van der Waals surface area contributed by atoms with Gasteiger partial charge in [0.2, 0.25) is 0 Å². The van der Waals surface area contributed by atoms with Gasteiger partial charge in [-0.2, -0.15) is 0 Å². The molecule has 0 spiro atoms. The predicted octanol–water partition coefficient (Wildman–Crippen LogP) is 2.43. The molecular formula is C19H14O6. The monoisotopic (exact) mass is 338 g/mol. The molecule has 6 nitrogen and oxygen atoms in total. The van der Waals surface area contributed by atoms with Crippen molar-refractivity contribution in [2.24, 2.45) is 0 Å². The first-order valence-corrected chi connectivity index (χ1v) is 7.54. The van der Waals surface area contributed by atoms with Crippen molar-refractivity contribution in [3.63, 3.8) is 0 Å². The molecule has 1 N–H and O–H groups in total. The average molecular weight is 338 g/mol. The van der Waals surface area contributed by atoms with Gasteiger partial charge in [0.15, 0.2) is 17.3 Å². The highest BCUT2D eigenvalue weighted by atomic mass is 16.5. The van der Waals surface area contributed by atoms with Gasteiger partial charge in [0.1, 0.15) is 12.4 Å². The lowest BCUT2D eigenvalue weighted by Gasteiger charge is -2.21. The molecule has 1 aliphatic rings. The third-order valence-electron chi connectivity index (χ3n) is 4.01. The fraction of sp³-hybridized carbons (Fsp3) is 0.158. The number of phenolic OH excluding ortho intramolecular Hbond substituents is 1. The van der Waals surface area contributed by atoms with Crippen LogP contribution in [0.25, 0.3) is 0 Å². The summed E-state index contributed by atoms with van der Waals surface area (Å²) in [6, 6.07) is 7.11. The molecule has 2 aromatic carbocycles. The highest BCUT2D eigenvalue weighted by Crippen LogP contribution is 2.35. The Balaban J connectivity index is 2.24. The lowest BCUT2D eigenvalue weighted by molar-refractivity contribution is -0.142. The Kier molecular flexibility index (Phi) is 3.96. The Morgan fingerprint density at radius 3 is 2.36 bits per heavy atom. The zero-order valence-corrected chi connectivity index (χ0v) is 13.6. The number of hydrogen-bond acceptors (Lipinski definition) is 6. The second-order valence-electron chi connectivity index (χ2n) is 5.76. The molecule has 2 aromatic rings. The summed E-state index contributed by atoms with van der Waals surface area (Å²) in [6.45, 7) is 2.42. The molecule has 0 saturated heterocycles. The molecule has 25 heavy (non-hydrogen) atoms. The van der Waals surface area contributed by atoms with E-state index in [0.717, 1.165) is 0 Å². The molecule has 0 unspecified atom stereocenters. The molecule has 0 radical (unpaired) electrons. The third-order valence-corrected chi connectivity index (χ3v) is 4.01. The SMILES string of the molecule is CC(=O)OCc1cc(C(C)=O)c2c(c1)C(=O)c1cccc(O)c1C2=O. The molecule has 126 valence electrons. The van der Waals surface area contributed by atoms with Gasteiger partial charge in [-0.3, -0.25) is 19.2 Å². The Morgan fingerprint density at radius 1 is 1.00 bits per heavy atom. The number of hydrogen-bond donors (Lipinski definition) is 1. The van der Waals surface area contributed by atoms with Crippen LogP contribution in [-0.4, -0.2) is 28.4 Å². The van der Waals surface area contributed by atoms with Crippen LogP contribution in [-0.2, 0) is 16.1 Å². The van der Waals surface area contributed by atoms with Gasteiger partial charge in [-0.1, -0.05) is 12.1 Å². The summed E-state index contributed by atoms with van der Waals surface area (Å²) >= 11 is 0. The van der Waals surface area contributed by atoms with E-state index in [4.69, 9.17) is 4.74 Å². The van der Waals surface area contributed by atoms with Crippen LogP contribution < -0.4 is 0 Å². The van der Waals surface area contributed by atoms with Crippen molar-refractivity contribution in [1.82, 2.24) is 0 Å². The normalized spacial score (nSPS) is 12.4. The van der Waals surface area contributed by atoms with E-state index in [-0.39, 0.29) is 40.2 Å². The highest BCUT2D eigenvalue weighted by molar-refractivity contribution is 6.31. The molecule has 0 amide bonds. The number of carbonyl (C=O) groups excluding carboxylic acids is 4. The van der Waals surface area contributed by atoms with Crippen LogP contribution >= 0.6 is 0 Å². The van der Waals surface area contributed by atoms with E-state index in [1.807, 2.05) is 0 Å². The first kappa shape index (κ1) is 16.6. The minimum atomic E-state index is -0.577. The summed E-state index contributed by atoms with van der Waals surface area (Å²) < 4.78 is 4.92. The van der Waals surface area contributed by atoms with Crippen molar-refractivity contribution < 1.29 is 29.0 Å². The smallest absolute Gasteiger partial charge is 0.302 e. The van der Waals surface area contributed by atoms with Crippen LogP contribution in [0.4, 0.5) is 0 Å². The zero-order valence-electron chi connectivity index (χ0n) is 13.6. The van der Waals surface area contributed by atoms with E-state index in [1.165, 1.54) is 44.2 Å². The van der Waals surface area contributed by atoms with Gasteiger partial charge >= 0.3 is 5.97 Å². The van der Waals surface area contributed by atoms with Crippen LogP contribution in [0.3, 0.4) is 0 Å². The molecule has 0 aromatic heterocycles. The van der Waals surface area contributed by atoms with Crippen molar-refractivity contribution in [2.75, 3.05) is 0 Å². The quantitative estimate of drug-likeness (QED) is 0.582. The fourth-order valence-electron chi connectivity index (χ4n) is 2.91. The first-order valence-electron chi connectivity index (χ1n) is 7.54. The molecule has 0 atom stereocenters. The number of fused-ring (bicyclic) bond motifs is 2. The van der Waals surface area contributed by atoms with Crippen molar-refractivity contribution in [1.29, 1.82) is 0 Å². The van der Waals surface area contributed by atoms with Crippen LogP contribution in [0.5, 0.6) is 5.75 Å². The lowest BCUT2D eigenvalue weighted by Crippen LogP contribution is -2.24. The summed E-state index contributed by atoms with van der Waals surface area (Å²) in [4.78, 5) is 48.6. The summed E-state index contributed by atoms with van der Waals surface area (Å²) in [5, 5.41) is 9.98. The number of benzene rings is 2. The maximum absolute atomic E-state index is 12.8. The molecule has 0 bridgehead atoms. The Labute approximate surface area is 143 Å². The standard InChI is InChI=1S/C19H14O6/c1-9(20)13-6-11(8-25-10(2)21)7-14-16(13)19(24)17-12(18(14)23)4-3-5-15(17)22/h3-7,22H,8H2,1-2H3. The van der Waals surface area contributed by atoms with Crippen LogP contribution in [0.2, 0.25) is 0 Å². The third kappa shape index (κ3) is 2.71. The van der Waals surface area contributed by atoms with Crippen molar-refractivity contribution in [2.45, 2.75) is 20.5 Å². The summed E-state index contributed by atoms with van der Waals surface area (Å²) in [7, 11) is 0. The van der Waals surface area contributed by atoms with E-state index >= 15 is 0 Å². The van der Waals surface area contributed by atoms with Gasteiger partial charge < -0.3 is 9.84 Å². The number of aromatic hydroxyl groups is 1. The predicted molar refractivity (Wildman–Crippen MR) is 86.9 cm³/mol. The zero-order chi connectivity index (χ0) is 18.3. The minimum Gasteiger partial charge on any atom is -0.507 e. The summed E-state index contributed by atoms with van der Waals surface area (Å²) in [5.41, 5.74) is 0.513. The van der Waals surface area contributed by atoms with Crippen LogP contribution in [0.15, 0.2) is 30.3 Å². The Bertz CT molecular complexity index is 955. The number of Topliss-reactive ketones (excluding diaryl/α,β-unsaturated/α-hetero) is 1. The van der Waals surface area contributed by atoms with E-state index in [9.17, 15) is 24.3 Å². The molecule has 0 fully saturated rings. The van der Waals surface area contributed by atoms with E-state index in [0.29, 0.717) is 5.56 Å². The summed E-state index contributed by atoms with van der Waals surface area (Å²) in [5.74, 6) is -2.25. The fourth-order valence-corrected chi connectivity index (χ4v) is 2.91. The minimum absolute atomic E-state index is 0.0296. The maximum Gasteiger partial charge on any atom is 0.302 e. The topological polar surface area (TPSA) is 97.7 Å². The second-order valence-corrected chi connectivity index (χ2v) is 5.76. The van der Waals surface area contributed by atoms with Crippen molar-refractivity contribution >= 4 is 23.3 Å². The van der Waals surface area contributed by atoms with E-state index in [1.54, 1.807) is 0 Å². The van der Waals surface area contributed by atoms with Crippen molar-refractivity contribution in [3.8, 4) is 5.75 Å². The lowest BCUT2D eigenvalue weighted by atomic mass is 9.80. The van der Waals surface area contributed by atoms with Gasteiger partial charge in [-0.25, -0.2) is 0 Å². The molecule has 0 aliphatic heterocycles. The van der Waals surface area contributed by atoms with E-state index < -0.39 is 23.3 Å². The van der Waals surface area contributed by atoms with Crippen molar-refractivity contribution in [3.05, 3.63) is 63.7 Å². The molecule has 1 aliphatic carbocycles. The Hall–Kier alpha value is -3.28. The molecule has 0 heterocycles. The van der Waals surface area contributed by atoms with E-state index in [2.05, 4.69) is 0 Å². The maximum atomic E-state index is 12.8. The largest absolute Gasteiger partial charge is 0.507 e. The Morgan fingerprint density at radius 2 is 1.72 bits per heavy atom. The summed E-state index contributed by atoms with van der Waals surface area (Å²) in [6.07, 6.45) is 0. The van der Waals surface area contributed by atoms with Gasteiger partial charge in [0.25, 0.3) is 0 Å². The molecule has 6 heteroatoms. The van der Waals surface area contributed by atoms with Gasteiger partial charge in [0.05, 0.1) is 5.56 Å². The van der Waals surface area contributed by atoms with Gasteiger partial charge in [-0.05, 0) is 30.7 Å². The number of carbonyl (C=O) groups is 4. The van der Waals surface area contributed by atoms with Gasteiger partial charge in [-0.15, -0.1) is 0 Å². The number of rotatable bonds is 3. The average Bonchev–Trinajstić information content (AvgIpc) is 2.56.